The van der Waals surface area contributed by atoms with Gasteiger partial charge in [-0.05, 0) is 81.0 Å². The molecular weight excluding hydrogens is 412 g/mol. The predicted octanol–water partition coefficient (Wildman–Crippen LogP) is 4.50. The monoisotopic (exact) mass is 446 g/mol. The highest BCUT2D eigenvalue weighted by atomic mass is 16.5. The van der Waals surface area contributed by atoms with Crippen molar-refractivity contribution in [1.82, 2.24) is 10.3 Å². The predicted molar refractivity (Wildman–Crippen MR) is 134 cm³/mol. The van der Waals surface area contributed by atoms with Gasteiger partial charge in [0.1, 0.15) is 0 Å². The maximum atomic E-state index is 13.4. The fraction of sp³-hybridized carbons (Fsp3) is 0.444. The van der Waals surface area contributed by atoms with Crippen LogP contribution < -0.4 is 10.2 Å². The number of anilines is 1. The summed E-state index contributed by atoms with van der Waals surface area (Å²) in [6.45, 7) is 10.9. The highest BCUT2D eigenvalue weighted by Crippen LogP contribution is 2.33. The Balaban J connectivity index is 1.67. The first-order valence-electron chi connectivity index (χ1n) is 11.7. The third kappa shape index (κ3) is 5.01. The Labute approximate surface area is 196 Å². The number of amides is 1. The summed E-state index contributed by atoms with van der Waals surface area (Å²) in [6, 6.07) is 8.64. The zero-order valence-electron chi connectivity index (χ0n) is 20.4. The topological polar surface area (TPSA) is 66.8 Å². The molecule has 1 fully saturated rings. The van der Waals surface area contributed by atoms with E-state index in [9.17, 15) is 4.79 Å². The molecule has 33 heavy (non-hydrogen) atoms. The molecule has 1 aromatic carbocycles. The van der Waals surface area contributed by atoms with E-state index in [-0.39, 0.29) is 5.91 Å². The van der Waals surface area contributed by atoms with Crippen LogP contribution >= 0.6 is 0 Å². The van der Waals surface area contributed by atoms with Crippen molar-refractivity contribution in [2.75, 3.05) is 38.3 Å². The van der Waals surface area contributed by atoms with E-state index in [1.165, 1.54) is 11.1 Å². The van der Waals surface area contributed by atoms with E-state index in [1.54, 1.807) is 0 Å². The lowest BCUT2D eigenvalue weighted by Crippen LogP contribution is -2.37. The van der Waals surface area contributed by atoms with Crippen molar-refractivity contribution in [2.45, 2.75) is 46.6 Å². The largest absolute Gasteiger partial charge is 0.381 e. The van der Waals surface area contributed by atoms with Gasteiger partial charge in [-0.1, -0.05) is 6.07 Å². The molecule has 174 valence electrons. The number of ether oxygens (including phenoxy) is 1. The maximum absolute atomic E-state index is 13.4. The number of aliphatic imine (C=N–C) groups is 1. The molecule has 2 aromatic rings. The molecule has 2 aliphatic rings. The molecule has 1 amide bonds. The van der Waals surface area contributed by atoms with Crippen molar-refractivity contribution in [2.24, 2.45) is 4.99 Å². The van der Waals surface area contributed by atoms with Crippen molar-refractivity contribution >= 4 is 17.3 Å². The van der Waals surface area contributed by atoms with E-state index in [4.69, 9.17) is 4.74 Å². The Morgan fingerprint density at radius 3 is 2.52 bits per heavy atom. The average molecular weight is 447 g/mol. The SMILES string of the molecule is CC1=C(C)C(CNC(=O)c2cc(-c3ccc(C)nc3)cc(N(C)C3CCOCC3)c2C)=NC1. The highest BCUT2D eigenvalue weighted by Gasteiger charge is 2.24. The molecule has 6 nitrogen and oxygen atoms in total. The molecule has 0 saturated carbocycles. The summed E-state index contributed by atoms with van der Waals surface area (Å²) in [5.74, 6) is -0.0731. The van der Waals surface area contributed by atoms with Gasteiger partial charge in [0.05, 0.1) is 18.8 Å². The summed E-state index contributed by atoms with van der Waals surface area (Å²) < 4.78 is 5.57. The first kappa shape index (κ1) is 23.2. The quantitative estimate of drug-likeness (QED) is 0.709. The van der Waals surface area contributed by atoms with Crippen LogP contribution in [0.2, 0.25) is 0 Å². The summed E-state index contributed by atoms with van der Waals surface area (Å²) in [5.41, 5.74) is 9.16. The molecule has 0 radical (unpaired) electrons. The van der Waals surface area contributed by atoms with Gasteiger partial charge in [0.15, 0.2) is 0 Å². The van der Waals surface area contributed by atoms with E-state index in [0.717, 1.165) is 66.4 Å². The number of carbonyl (C=O) groups is 1. The highest BCUT2D eigenvalue weighted by molar-refractivity contribution is 6.07. The fourth-order valence-electron chi connectivity index (χ4n) is 4.52. The fourth-order valence-corrected chi connectivity index (χ4v) is 4.52. The summed E-state index contributed by atoms with van der Waals surface area (Å²) in [4.78, 5) is 24.7. The van der Waals surface area contributed by atoms with Gasteiger partial charge in [-0.3, -0.25) is 14.8 Å². The molecule has 0 atom stereocenters. The normalized spacial score (nSPS) is 16.7. The molecule has 0 aliphatic carbocycles. The van der Waals surface area contributed by atoms with Crippen LogP contribution in [0.15, 0.2) is 46.6 Å². The van der Waals surface area contributed by atoms with Gasteiger partial charge in [-0.15, -0.1) is 0 Å². The number of pyridine rings is 1. The number of nitrogens with zero attached hydrogens (tertiary/aromatic N) is 3. The summed E-state index contributed by atoms with van der Waals surface area (Å²) in [5, 5.41) is 3.11. The van der Waals surface area contributed by atoms with Gasteiger partial charge in [0.2, 0.25) is 0 Å². The van der Waals surface area contributed by atoms with Gasteiger partial charge in [0.25, 0.3) is 5.91 Å². The molecule has 6 heteroatoms. The Bertz CT molecular complexity index is 1100. The molecule has 0 unspecified atom stereocenters. The molecule has 0 spiro atoms. The zero-order valence-corrected chi connectivity index (χ0v) is 20.4. The van der Waals surface area contributed by atoms with Crippen LogP contribution in [-0.2, 0) is 4.74 Å². The van der Waals surface area contributed by atoms with Gasteiger partial charge < -0.3 is 15.0 Å². The van der Waals surface area contributed by atoms with Crippen molar-refractivity contribution in [3.63, 3.8) is 0 Å². The minimum atomic E-state index is -0.0731. The Morgan fingerprint density at radius 1 is 1.12 bits per heavy atom. The van der Waals surface area contributed by atoms with Crippen LogP contribution in [-0.4, -0.2) is 56.0 Å². The lowest BCUT2D eigenvalue weighted by Gasteiger charge is -2.34. The molecule has 0 bridgehead atoms. The van der Waals surface area contributed by atoms with Gasteiger partial charge in [0, 0.05) is 55.0 Å². The van der Waals surface area contributed by atoms with Crippen LogP contribution in [0.1, 0.15) is 48.3 Å². The smallest absolute Gasteiger partial charge is 0.251 e. The molecular formula is C27H34N4O2. The van der Waals surface area contributed by atoms with Crippen molar-refractivity contribution in [3.8, 4) is 11.1 Å². The average Bonchev–Trinajstić information content (AvgIpc) is 3.15. The molecule has 1 N–H and O–H groups in total. The third-order valence-electron chi connectivity index (χ3n) is 6.98. The Kier molecular flexibility index (Phi) is 6.94. The summed E-state index contributed by atoms with van der Waals surface area (Å²) >= 11 is 0. The maximum Gasteiger partial charge on any atom is 0.251 e. The van der Waals surface area contributed by atoms with Crippen LogP contribution in [0, 0.1) is 13.8 Å². The molecule has 4 rings (SSSR count). The summed E-state index contributed by atoms with van der Waals surface area (Å²) in [7, 11) is 2.13. The number of aromatic nitrogens is 1. The minimum absolute atomic E-state index is 0.0731. The van der Waals surface area contributed by atoms with Gasteiger partial charge in [-0.2, -0.15) is 0 Å². The molecule has 2 aliphatic heterocycles. The Morgan fingerprint density at radius 2 is 1.88 bits per heavy atom. The lowest BCUT2D eigenvalue weighted by atomic mass is 9.96. The van der Waals surface area contributed by atoms with Crippen molar-refractivity contribution in [3.05, 3.63) is 58.4 Å². The standard InChI is InChI=1S/C27H34N4O2/c1-17-14-29-25(19(17)3)16-30-27(32)24-12-22(21-7-6-18(2)28-15-21)13-26(20(24)4)31(5)23-8-10-33-11-9-23/h6-7,12-13,15,23H,8-11,14,16H2,1-5H3,(H,30,32). The van der Waals surface area contributed by atoms with Gasteiger partial charge in [-0.25, -0.2) is 0 Å². The van der Waals surface area contributed by atoms with E-state index in [2.05, 4.69) is 53.2 Å². The number of aryl methyl sites for hydroxylation is 1. The van der Waals surface area contributed by atoms with Crippen LogP contribution in [0.4, 0.5) is 5.69 Å². The second kappa shape index (κ2) is 9.87. The first-order chi connectivity index (χ1) is 15.8. The first-order valence-corrected chi connectivity index (χ1v) is 11.7. The van der Waals surface area contributed by atoms with Crippen molar-refractivity contribution in [1.29, 1.82) is 0 Å². The van der Waals surface area contributed by atoms with E-state index < -0.39 is 0 Å². The zero-order chi connectivity index (χ0) is 23.5. The number of nitrogens with one attached hydrogen (secondary N) is 1. The number of hydrogen-bond acceptors (Lipinski definition) is 5. The molecule has 1 aromatic heterocycles. The summed E-state index contributed by atoms with van der Waals surface area (Å²) in [6.07, 6.45) is 3.85. The lowest BCUT2D eigenvalue weighted by molar-refractivity contribution is 0.0854. The Hall–Kier alpha value is -2.99. The van der Waals surface area contributed by atoms with Crippen LogP contribution in [0.25, 0.3) is 11.1 Å². The van der Waals surface area contributed by atoms with Crippen LogP contribution in [0.5, 0.6) is 0 Å². The number of benzene rings is 1. The number of hydrogen-bond donors (Lipinski definition) is 1. The van der Waals surface area contributed by atoms with Crippen LogP contribution in [0.3, 0.4) is 0 Å². The second-order valence-electron chi connectivity index (χ2n) is 9.16. The van der Waals surface area contributed by atoms with E-state index >= 15 is 0 Å². The number of carbonyl (C=O) groups excluding carboxylic acids is 1. The molecule has 1 saturated heterocycles. The van der Waals surface area contributed by atoms with E-state index in [1.807, 2.05) is 32.2 Å². The second-order valence-corrected chi connectivity index (χ2v) is 9.16. The number of rotatable bonds is 6. The van der Waals surface area contributed by atoms with E-state index in [0.29, 0.717) is 18.2 Å². The minimum Gasteiger partial charge on any atom is -0.381 e. The third-order valence-corrected chi connectivity index (χ3v) is 6.98. The van der Waals surface area contributed by atoms with Gasteiger partial charge >= 0.3 is 0 Å². The van der Waals surface area contributed by atoms with Crippen molar-refractivity contribution < 1.29 is 9.53 Å². The molecule has 3 heterocycles.